The van der Waals surface area contributed by atoms with Gasteiger partial charge >= 0.3 is 5.97 Å². The van der Waals surface area contributed by atoms with Crippen LogP contribution in [0.25, 0.3) is 10.7 Å². The summed E-state index contributed by atoms with van der Waals surface area (Å²) in [6.07, 6.45) is 5.76. The fourth-order valence-corrected chi connectivity index (χ4v) is 7.32. The second kappa shape index (κ2) is 12.1. The van der Waals surface area contributed by atoms with E-state index in [9.17, 15) is 9.59 Å². The first kappa shape index (κ1) is 26.4. The van der Waals surface area contributed by atoms with Crippen molar-refractivity contribution >= 4 is 51.3 Å². The van der Waals surface area contributed by atoms with Crippen LogP contribution >= 0.6 is 34.4 Å². The quantitative estimate of drug-likeness (QED) is 0.129. The molecule has 1 N–H and O–H groups in total. The second-order valence-corrected chi connectivity index (χ2v) is 11.8. The number of fused-ring (bicyclic) bond motifs is 1. The number of rotatable bonds is 10. The van der Waals surface area contributed by atoms with E-state index < -0.39 is 0 Å². The molecule has 0 radical (unpaired) electrons. The molecule has 0 atom stereocenters. The van der Waals surface area contributed by atoms with E-state index in [1.807, 2.05) is 47.9 Å². The summed E-state index contributed by atoms with van der Waals surface area (Å²) in [5.41, 5.74) is 3.17. The molecule has 3 aromatic heterocycles. The lowest BCUT2D eigenvalue weighted by atomic mass is 9.95. The summed E-state index contributed by atoms with van der Waals surface area (Å²) in [5.74, 6) is 0.930. The van der Waals surface area contributed by atoms with Crippen molar-refractivity contribution in [2.24, 2.45) is 0 Å². The van der Waals surface area contributed by atoms with Gasteiger partial charge in [-0.1, -0.05) is 36.0 Å². The van der Waals surface area contributed by atoms with Crippen molar-refractivity contribution in [2.45, 2.75) is 50.1 Å². The van der Waals surface area contributed by atoms with Crippen molar-refractivity contribution < 1.29 is 14.3 Å². The number of thiophene rings is 2. The summed E-state index contributed by atoms with van der Waals surface area (Å²) in [5, 5.41) is 15.2. The van der Waals surface area contributed by atoms with Gasteiger partial charge in [0.05, 0.1) is 17.0 Å². The van der Waals surface area contributed by atoms with Gasteiger partial charge in [-0.15, -0.1) is 39.4 Å². The summed E-state index contributed by atoms with van der Waals surface area (Å²) in [7, 11) is 0. The number of amides is 1. The minimum absolute atomic E-state index is 0.236. The van der Waals surface area contributed by atoms with Gasteiger partial charge in [-0.2, -0.15) is 0 Å². The molecule has 0 unspecified atom stereocenters. The van der Waals surface area contributed by atoms with E-state index in [0.29, 0.717) is 35.0 Å². The van der Waals surface area contributed by atoms with Gasteiger partial charge in [0.2, 0.25) is 0 Å². The molecule has 0 bridgehead atoms. The van der Waals surface area contributed by atoms with Crippen LogP contribution in [-0.4, -0.2) is 33.2 Å². The van der Waals surface area contributed by atoms with Gasteiger partial charge in [0.25, 0.3) is 5.91 Å². The molecule has 0 saturated carbocycles. The topological polar surface area (TPSA) is 86.1 Å². The average molecular weight is 565 g/mol. The first-order chi connectivity index (χ1) is 18.6. The van der Waals surface area contributed by atoms with Crippen molar-refractivity contribution in [2.75, 3.05) is 11.9 Å². The number of thioether (sulfide) groups is 1. The molecule has 3 heterocycles. The lowest BCUT2D eigenvalue weighted by molar-refractivity contribution is 0.0526. The Kier molecular flexibility index (Phi) is 8.41. The number of aromatic nitrogens is 3. The van der Waals surface area contributed by atoms with Crippen molar-refractivity contribution in [3.8, 4) is 10.7 Å². The van der Waals surface area contributed by atoms with Crippen molar-refractivity contribution in [3.05, 3.63) is 81.6 Å². The molecule has 1 amide bonds. The zero-order valence-corrected chi connectivity index (χ0v) is 23.5. The molecule has 4 aromatic rings. The maximum absolute atomic E-state index is 13.1. The Morgan fingerprint density at radius 3 is 2.74 bits per heavy atom. The number of carbonyl (C=O) groups excluding carboxylic acids is 2. The van der Waals surface area contributed by atoms with Gasteiger partial charge in [-0.25, -0.2) is 4.79 Å². The van der Waals surface area contributed by atoms with Crippen LogP contribution in [0.15, 0.2) is 59.6 Å². The maximum atomic E-state index is 13.1. The zero-order chi connectivity index (χ0) is 26.5. The summed E-state index contributed by atoms with van der Waals surface area (Å²) >= 11 is 4.72. The number of carbonyl (C=O) groups is 2. The van der Waals surface area contributed by atoms with Crippen LogP contribution in [-0.2, 0) is 29.9 Å². The third-order valence-electron chi connectivity index (χ3n) is 6.23. The fraction of sp³-hybridized carbons (Fsp3) is 0.286. The summed E-state index contributed by atoms with van der Waals surface area (Å²) in [6, 6.07) is 11.6. The van der Waals surface area contributed by atoms with E-state index in [-0.39, 0.29) is 11.9 Å². The van der Waals surface area contributed by atoms with Crippen LogP contribution in [0.1, 0.15) is 56.5 Å². The highest BCUT2D eigenvalue weighted by atomic mass is 32.2. The lowest BCUT2D eigenvalue weighted by Crippen LogP contribution is -2.15. The van der Waals surface area contributed by atoms with Crippen LogP contribution in [0.2, 0.25) is 0 Å². The van der Waals surface area contributed by atoms with Crippen LogP contribution in [0.5, 0.6) is 0 Å². The Morgan fingerprint density at radius 1 is 1.18 bits per heavy atom. The molecule has 7 nitrogen and oxygen atoms in total. The largest absolute Gasteiger partial charge is 0.462 e. The molecule has 38 heavy (non-hydrogen) atoms. The van der Waals surface area contributed by atoms with Gasteiger partial charge in [0, 0.05) is 22.7 Å². The maximum Gasteiger partial charge on any atom is 0.341 e. The minimum Gasteiger partial charge on any atom is -0.462 e. The minimum atomic E-state index is -0.360. The first-order valence-corrected chi connectivity index (χ1v) is 15.2. The van der Waals surface area contributed by atoms with Crippen molar-refractivity contribution in [3.63, 3.8) is 0 Å². The average Bonchev–Trinajstić information content (AvgIpc) is 3.67. The Bertz CT molecular complexity index is 1440. The fourth-order valence-electron chi connectivity index (χ4n) is 4.43. The van der Waals surface area contributed by atoms with E-state index in [4.69, 9.17) is 4.74 Å². The number of ether oxygens (including phenoxy) is 1. The third-order valence-corrected chi connectivity index (χ3v) is 9.34. The van der Waals surface area contributed by atoms with Gasteiger partial charge < -0.3 is 10.1 Å². The molecule has 196 valence electrons. The Morgan fingerprint density at radius 2 is 2.00 bits per heavy atom. The molecular formula is C28H28N4O3S3. The highest BCUT2D eigenvalue weighted by Gasteiger charge is 2.27. The van der Waals surface area contributed by atoms with E-state index in [2.05, 4.69) is 26.7 Å². The van der Waals surface area contributed by atoms with Crippen LogP contribution in [0, 0.1) is 0 Å². The summed E-state index contributed by atoms with van der Waals surface area (Å²) in [6.45, 7) is 6.59. The predicted octanol–water partition coefficient (Wildman–Crippen LogP) is 6.85. The van der Waals surface area contributed by atoms with Crippen molar-refractivity contribution in [1.82, 2.24) is 14.8 Å². The molecule has 10 heteroatoms. The number of nitrogens with one attached hydrogen (secondary N) is 1. The normalized spacial score (nSPS) is 12.7. The number of allylic oxidation sites excluding steroid dienone is 1. The molecule has 0 saturated heterocycles. The standard InChI is InChI=1S/C28H28N4O3S3/c1-3-15-32-24(22-10-7-16-36-22)30-31-28(32)37-17-18-11-13-19(14-12-18)25(33)29-26-23(27(34)35-4-2)20-8-5-6-9-21(20)38-26/h3,7,10-14,16H,1,4-6,8-9,15,17H2,2H3,(H,29,33). The van der Waals surface area contributed by atoms with Gasteiger partial charge in [0.15, 0.2) is 11.0 Å². The number of hydrogen-bond donors (Lipinski definition) is 1. The van der Waals surface area contributed by atoms with E-state index in [1.165, 1.54) is 16.2 Å². The second-order valence-electron chi connectivity index (χ2n) is 8.76. The predicted molar refractivity (Wildman–Crippen MR) is 154 cm³/mol. The number of benzene rings is 1. The van der Waals surface area contributed by atoms with Crippen LogP contribution < -0.4 is 5.32 Å². The van der Waals surface area contributed by atoms with Crippen LogP contribution in [0.4, 0.5) is 5.00 Å². The SMILES string of the molecule is C=CCn1c(SCc2ccc(C(=O)Nc3sc4c(c3C(=O)OCC)CCCC4)cc2)nnc1-c1cccs1. The molecule has 5 rings (SSSR count). The molecular weight excluding hydrogens is 537 g/mol. The third kappa shape index (κ3) is 5.62. The van der Waals surface area contributed by atoms with E-state index >= 15 is 0 Å². The molecule has 1 aromatic carbocycles. The Labute approximate surface area is 234 Å². The van der Waals surface area contributed by atoms with Crippen molar-refractivity contribution in [1.29, 1.82) is 0 Å². The monoisotopic (exact) mass is 564 g/mol. The smallest absolute Gasteiger partial charge is 0.341 e. The first-order valence-electron chi connectivity index (χ1n) is 12.5. The van der Waals surface area contributed by atoms with Gasteiger partial charge in [-0.3, -0.25) is 9.36 Å². The molecule has 1 aliphatic rings. The van der Waals surface area contributed by atoms with E-state index in [1.54, 1.807) is 30.0 Å². The number of aryl methyl sites for hydroxylation is 1. The zero-order valence-electron chi connectivity index (χ0n) is 21.1. The lowest BCUT2D eigenvalue weighted by Gasteiger charge is -2.12. The molecule has 0 fully saturated rings. The summed E-state index contributed by atoms with van der Waals surface area (Å²) in [4.78, 5) is 28.0. The molecule has 1 aliphatic carbocycles. The molecule has 0 aliphatic heterocycles. The number of hydrogen-bond acceptors (Lipinski definition) is 8. The number of esters is 1. The number of anilines is 1. The number of nitrogens with zero attached hydrogens (tertiary/aromatic N) is 3. The van der Waals surface area contributed by atoms with Gasteiger partial charge in [-0.05, 0) is 67.3 Å². The summed E-state index contributed by atoms with van der Waals surface area (Å²) < 4.78 is 7.37. The van der Waals surface area contributed by atoms with Gasteiger partial charge in [0.1, 0.15) is 5.00 Å². The highest BCUT2D eigenvalue weighted by Crippen LogP contribution is 2.39. The van der Waals surface area contributed by atoms with E-state index in [0.717, 1.165) is 52.7 Å². The highest BCUT2D eigenvalue weighted by molar-refractivity contribution is 7.98. The Hall–Kier alpha value is -3.21. The molecule has 0 spiro atoms. The Balaban J connectivity index is 1.27. The van der Waals surface area contributed by atoms with Crippen LogP contribution in [0.3, 0.4) is 0 Å².